The predicted molar refractivity (Wildman–Crippen MR) is 71.6 cm³/mol. The van der Waals surface area contributed by atoms with Gasteiger partial charge in [0, 0.05) is 6.54 Å². The van der Waals surface area contributed by atoms with Crippen LogP contribution in [0.4, 0.5) is 4.39 Å². The van der Waals surface area contributed by atoms with Crippen LogP contribution in [-0.4, -0.2) is 12.6 Å². The summed E-state index contributed by atoms with van der Waals surface area (Å²) in [5, 5.41) is 3.20. The zero-order chi connectivity index (χ0) is 13.7. The molecule has 0 radical (unpaired) electrons. The minimum absolute atomic E-state index is 0.119. The summed E-state index contributed by atoms with van der Waals surface area (Å²) in [4.78, 5) is 0. The Kier molecular flexibility index (Phi) is 4.58. The van der Waals surface area contributed by atoms with E-state index >= 15 is 0 Å². The maximum atomic E-state index is 13.7. The quantitative estimate of drug-likeness (QED) is 0.868. The van der Waals surface area contributed by atoms with Gasteiger partial charge < -0.3 is 14.5 Å². The SMILES string of the molecule is Cc1cccc(OC(C)CNCc2ccco2)c1F. The third-order valence-corrected chi connectivity index (χ3v) is 2.80. The number of rotatable bonds is 6. The summed E-state index contributed by atoms with van der Waals surface area (Å²) in [5.74, 6) is 0.876. The lowest BCUT2D eigenvalue weighted by molar-refractivity contribution is 0.206. The summed E-state index contributed by atoms with van der Waals surface area (Å²) in [7, 11) is 0. The number of hydrogen-bond donors (Lipinski definition) is 1. The van der Waals surface area contributed by atoms with E-state index in [0.717, 1.165) is 5.76 Å². The molecular weight excluding hydrogens is 245 g/mol. The summed E-state index contributed by atoms with van der Waals surface area (Å²) in [6.45, 7) is 4.88. The van der Waals surface area contributed by atoms with E-state index in [1.54, 1.807) is 31.4 Å². The third kappa shape index (κ3) is 3.83. The molecule has 1 atom stereocenters. The van der Waals surface area contributed by atoms with Gasteiger partial charge in [-0.25, -0.2) is 4.39 Å². The molecule has 0 spiro atoms. The van der Waals surface area contributed by atoms with Crippen molar-refractivity contribution >= 4 is 0 Å². The van der Waals surface area contributed by atoms with E-state index in [0.29, 0.717) is 24.4 Å². The number of ether oxygens (including phenoxy) is 1. The number of halogens is 1. The van der Waals surface area contributed by atoms with Crippen LogP contribution < -0.4 is 10.1 Å². The van der Waals surface area contributed by atoms with Gasteiger partial charge in [-0.2, -0.15) is 0 Å². The van der Waals surface area contributed by atoms with Gasteiger partial charge in [0.25, 0.3) is 0 Å². The fraction of sp³-hybridized carbons (Fsp3) is 0.333. The van der Waals surface area contributed by atoms with Crippen LogP contribution in [0.3, 0.4) is 0 Å². The first-order valence-electron chi connectivity index (χ1n) is 6.31. The Hall–Kier alpha value is -1.81. The van der Waals surface area contributed by atoms with Crippen LogP contribution >= 0.6 is 0 Å². The van der Waals surface area contributed by atoms with E-state index in [-0.39, 0.29) is 11.9 Å². The van der Waals surface area contributed by atoms with Crippen LogP contribution in [0, 0.1) is 12.7 Å². The van der Waals surface area contributed by atoms with Crippen molar-refractivity contribution in [2.45, 2.75) is 26.5 Å². The van der Waals surface area contributed by atoms with Crippen LogP contribution in [0.15, 0.2) is 41.0 Å². The van der Waals surface area contributed by atoms with Crippen molar-refractivity contribution in [3.63, 3.8) is 0 Å². The van der Waals surface area contributed by atoms with Crippen LogP contribution in [0.1, 0.15) is 18.2 Å². The first-order chi connectivity index (χ1) is 9.16. The maximum Gasteiger partial charge on any atom is 0.167 e. The van der Waals surface area contributed by atoms with E-state index in [2.05, 4.69) is 5.32 Å². The van der Waals surface area contributed by atoms with Crippen molar-refractivity contribution in [1.29, 1.82) is 0 Å². The molecule has 0 fully saturated rings. The molecule has 3 nitrogen and oxygen atoms in total. The lowest BCUT2D eigenvalue weighted by Gasteiger charge is -2.16. The minimum Gasteiger partial charge on any atom is -0.486 e. The van der Waals surface area contributed by atoms with Gasteiger partial charge in [0.15, 0.2) is 11.6 Å². The molecule has 1 N–H and O–H groups in total. The zero-order valence-electron chi connectivity index (χ0n) is 11.2. The normalized spacial score (nSPS) is 12.4. The molecular formula is C15H18FNO2. The van der Waals surface area contributed by atoms with Gasteiger partial charge in [0.2, 0.25) is 0 Å². The molecule has 1 heterocycles. The molecule has 102 valence electrons. The minimum atomic E-state index is -0.291. The number of benzene rings is 1. The smallest absolute Gasteiger partial charge is 0.167 e. The summed E-state index contributed by atoms with van der Waals surface area (Å²) >= 11 is 0. The van der Waals surface area contributed by atoms with Crippen molar-refractivity contribution in [2.24, 2.45) is 0 Å². The molecule has 1 unspecified atom stereocenters. The van der Waals surface area contributed by atoms with E-state index in [1.807, 2.05) is 19.1 Å². The highest BCUT2D eigenvalue weighted by molar-refractivity contribution is 5.30. The number of hydrogen-bond acceptors (Lipinski definition) is 3. The van der Waals surface area contributed by atoms with Crippen molar-refractivity contribution in [3.8, 4) is 5.75 Å². The topological polar surface area (TPSA) is 34.4 Å². The van der Waals surface area contributed by atoms with Crippen molar-refractivity contribution in [2.75, 3.05) is 6.54 Å². The molecule has 0 saturated heterocycles. The average Bonchev–Trinajstić information content (AvgIpc) is 2.88. The molecule has 1 aromatic heterocycles. The number of nitrogens with one attached hydrogen (secondary N) is 1. The van der Waals surface area contributed by atoms with Crippen LogP contribution in [0.25, 0.3) is 0 Å². The van der Waals surface area contributed by atoms with Gasteiger partial charge in [-0.1, -0.05) is 12.1 Å². The fourth-order valence-electron chi connectivity index (χ4n) is 1.78. The molecule has 1 aromatic carbocycles. The summed E-state index contributed by atoms with van der Waals surface area (Å²) < 4.78 is 24.5. The molecule has 0 saturated carbocycles. The highest BCUT2D eigenvalue weighted by Gasteiger charge is 2.10. The molecule has 19 heavy (non-hydrogen) atoms. The van der Waals surface area contributed by atoms with E-state index in [4.69, 9.17) is 9.15 Å². The highest BCUT2D eigenvalue weighted by atomic mass is 19.1. The molecule has 4 heteroatoms. The maximum absolute atomic E-state index is 13.7. The van der Waals surface area contributed by atoms with E-state index in [9.17, 15) is 4.39 Å². The van der Waals surface area contributed by atoms with Gasteiger partial charge >= 0.3 is 0 Å². The van der Waals surface area contributed by atoms with Gasteiger partial charge in [-0.3, -0.25) is 0 Å². The second kappa shape index (κ2) is 6.38. The summed E-state index contributed by atoms with van der Waals surface area (Å²) in [6.07, 6.45) is 1.52. The van der Waals surface area contributed by atoms with Crippen LogP contribution in [0.2, 0.25) is 0 Å². The monoisotopic (exact) mass is 263 g/mol. The Balaban J connectivity index is 1.80. The van der Waals surface area contributed by atoms with Crippen molar-refractivity contribution < 1.29 is 13.5 Å². The Morgan fingerprint density at radius 3 is 2.89 bits per heavy atom. The lowest BCUT2D eigenvalue weighted by atomic mass is 10.2. The Morgan fingerprint density at radius 1 is 1.32 bits per heavy atom. The second-order valence-electron chi connectivity index (χ2n) is 4.53. The second-order valence-corrected chi connectivity index (χ2v) is 4.53. The molecule has 2 rings (SSSR count). The third-order valence-electron chi connectivity index (χ3n) is 2.80. The fourth-order valence-corrected chi connectivity index (χ4v) is 1.78. The van der Waals surface area contributed by atoms with Crippen molar-refractivity contribution in [1.82, 2.24) is 5.32 Å². The summed E-state index contributed by atoms with van der Waals surface area (Å²) in [6, 6.07) is 8.90. The predicted octanol–water partition coefficient (Wildman–Crippen LogP) is 3.28. The zero-order valence-corrected chi connectivity index (χ0v) is 11.2. The Labute approximate surface area is 112 Å². The number of aryl methyl sites for hydroxylation is 1. The highest BCUT2D eigenvalue weighted by Crippen LogP contribution is 2.20. The Morgan fingerprint density at radius 2 is 2.16 bits per heavy atom. The van der Waals surface area contributed by atoms with Gasteiger partial charge in [-0.15, -0.1) is 0 Å². The number of furan rings is 1. The van der Waals surface area contributed by atoms with Gasteiger partial charge in [0.05, 0.1) is 12.8 Å². The van der Waals surface area contributed by atoms with Crippen LogP contribution in [0.5, 0.6) is 5.75 Å². The largest absolute Gasteiger partial charge is 0.486 e. The summed E-state index contributed by atoms with van der Waals surface area (Å²) in [5.41, 5.74) is 0.591. The first-order valence-corrected chi connectivity index (χ1v) is 6.31. The van der Waals surface area contributed by atoms with E-state index < -0.39 is 0 Å². The molecule has 0 amide bonds. The standard InChI is InChI=1S/C15H18FNO2/c1-11-5-3-7-14(15(11)16)19-12(2)9-17-10-13-6-4-8-18-13/h3-8,12,17H,9-10H2,1-2H3. The molecule has 2 aromatic rings. The molecule has 0 bridgehead atoms. The van der Waals surface area contributed by atoms with E-state index in [1.165, 1.54) is 0 Å². The van der Waals surface area contributed by atoms with Crippen molar-refractivity contribution in [3.05, 3.63) is 53.7 Å². The Bertz CT molecular complexity index is 511. The molecule has 0 aliphatic carbocycles. The molecule has 0 aliphatic heterocycles. The average molecular weight is 263 g/mol. The van der Waals surface area contributed by atoms with Gasteiger partial charge in [0.1, 0.15) is 11.9 Å². The molecule has 0 aliphatic rings. The van der Waals surface area contributed by atoms with Gasteiger partial charge in [-0.05, 0) is 37.6 Å². The lowest BCUT2D eigenvalue weighted by Crippen LogP contribution is -2.28. The van der Waals surface area contributed by atoms with Crippen LogP contribution in [-0.2, 0) is 6.54 Å². The first kappa shape index (κ1) is 13.6.